The van der Waals surface area contributed by atoms with Gasteiger partial charge in [-0.3, -0.25) is 9.69 Å². The zero-order valence-electron chi connectivity index (χ0n) is 15.6. The molecule has 8 nitrogen and oxygen atoms in total. The van der Waals surface area contributed by atoms with Crippen molar-refractivity contribution in [1.82, 2.24) is 19.9 Å². The number of nitrogens with zero attached hydrogens (tertiary/aromatic N) is 4. The van der Waals surface area contributed by atoms with Gasteiger partial charge in [0, 0.05) is 37.7 Å². The number of ether oxygens (including phenoxy) is 1. The van der Waals surface area contributed by atoms with Crippen LogP contribution in [-0.4, -0.2) is 69.8 Å². The Kier molecular flexibility index (Phi) is 4.84. The molecule has 0 saturated carbocycles. The molecular formula is C19H24N4O4. The lowest BCUT2D eigenvalue weighted by Crippen LogP contribution is -2.46. The van der Waals surface area contributed by atoms with Crippen LogP contribution >= 0.6 is 0 Å². The molecule has 1 N–H and O–H groups in total. The fourth-order valence-electron chi connectivity index (χ4n) is 3.93. The first-order valence-electron chi connectivity index (χ1n) is 9.19. The van der Waals surface area contributed by atoms with Gasteiger partial charge in [0.05, 0.1) is 31.1 Å². The molecule has 2 aliphatic rings. The highest BCUT2D eigenvalue weighted by molar-refractivity contribution is 5.92. The lowest BCUT2D eigenvalue weighted by molar-refractivity contribution is 0.0420. The first kappa shape index (κ1) is 17.9. The molecule has 0 spiro atoms. The van der Waals surface area contributed by atoms with E-state index in [4.69, 9.17) is 9.26 Å². The van der Waals surface area contributed by atoms with E-state index in [2.05, 4.69) is 15.0 Å². The molecule has 8 heteroatoms. The van der Waals surface area contributed by atoms with Crippen LogP contribution in [0.15, 0.2) is 22.9 Å². The zero-order chi connectivity index (χ0) is 19.0. The number of hydrogen-bond acceptors (Lipinski definition) is 7. The highest BCUT2D eigenvalue weighted by atomic mass is 16.5. The normalized spacial score (nSPS) is 23.3. The third-order valence-electron chi connectivity index (χ3n) is 5.34. The van der Waals surface area contributed by atoms with Gasteiger partial charge in [-0.05, 0) is 26.0 Å². The van der Waals surface area contributed by atoms with Crippen molar-refractivity contribution >= 4 is 5.91 Å². The van der Waals surface area contributed by atoms with Gasteiger partial charge in [0.25, 0.3) is 5.91 Å². The van der Waals surface area contributed by atoms with Crippen molar-refractivity contribution in [2.45, 2.75) is 26.4 Å². The van der Waals surface area contributed by atoms with E-state index < -0.39 is 0 Å². The summed E-state index contributed by atoms with van der Waals surface area (Å²) in [7, 11) is 0. The summed E-state index contributed by atoms with van der Waals surface area (Å²) >= 11 is 0. The molecule has 2 fully saturated rings. The second-order valence-corrected chi connectivity index (χ2v) is 7.41. The smallest absolute Gasteiger partial charge is 0.272 e. The lowest BCUT2D eigenvalue weighted by atomic mass is 10.1. The number of carbonyl (C=O) groups excluding carboxylic acids is 1. The summed E-state index contributed by atoms with van der Waals surface area (Å²) in [6.45, 7) is 8.03. The zero-order valence-corrected chi connectivity index (χ0v) is 15.6. The average Bonchev–Trinajstić information content (AvgIpc) is 2.81. The van der Waals surface area contributed by atoms with E-state index in [1.165, 1.54) is 12.3 Å². The topological polar surface area (TPSA) is 91.9 Å². The predicted octanol–water partition coefficient (Wildman–Crippen LogP) is 1.37. The number of amides is 1. The Morgan fingerprint density at radius 1 is 1.26 bits per heavy atom. The molecular weight excluding hydrogens is 348 g/mol. The number of aromatic hydroxyl groups is 1. The molecule has 2 aromatic heterocycles. The summed E-state index contributed by atoms with van der Waals surface area (Å²) in [5.74, 6) is 1.02. The van der Waals surface area contributed by atoms with E-state index >= 15 is 0 Å². The molecule has 0 aromatic carbocycles. The third-order valence-corrected chi connectivity index (χ3v) is 5.34. The van der Waals surface area contributed by atoms with E-state index in [0.29, 0.717) is 25.5 Å². The Morgan fingerprint density at radius 3 is 2.81 bits per heavy atom. The molecule has 144 valence electrons. The van der Waals surface area contributed by atoms with Gasteiger partial charge in [0.2, 0.25) is 0 Å². The molecule has 27 heavy (non-hydrogen) atoms. The number of aromatic nitrogens is 2. The molecule has 2 saturated heterocycles. The van der Waals surface area contributed by atoms with Crippen molar-refractivity contribution in [2.75, 3.05) is 32.8 Å². The van der Waals surface area contributed by atoms with Gasteiger partial charge in [-0.25, -0.2) is 4.98 Å². The van der Waals surface area contributed by atoms with Gasteiger partial charge in [0.15, 0.2) is 0 Å². The molecule has 0 unspecified atom stereocenters. The monoisotopic (exact) mass is 372 g/mol. The molecule has 4 heterocycles. The summed E-state index contributed by atoms with van der Waals surface area (Å²) in [4.78, 5) is 21.3. The van der Waals surface area contributed by atoms with E-state index in [1.54, 1.807) is 6.07 Å². The Bertz CT molecular complexity index is 800. The van der Waals surface area contributed by atoms with Crippen molar-refractivity contribution in [3.8, 4) is 5.75 Å². The van der Waals surface area contributed by atoms with Gasteiger partial charge in [0.1, 0.15) is 17.2 Å². The predicted molar refractivity (Wildman–Crippen MR) is 96.3 cm³/mol. The third kappa shape index (κ3) is 3.68. The van der Waals surface area contributed by atoms with E-state index in [-0.39, 0.29) is 23.6 Å². The molecule has 2 aliphatic heterocycles. The number of aryl methyl sites for hydroxylation is 2. The Morgan fingerprint density at radius 2 is 2.11 bits per heavy atom. The van der Waals surface area contributed by atoms with Crippen molar-refractivity contribution in [3.05, 3.63) is 41.0 Å². The van der Waals surface area contributed by atoms with Crippen molar-refractivity contribution < 1.29 is 19.2 Å². The van der Waals surface area contributed by atoms with E-state index in [9.17, 15) is 9.90 Å². The molecule has 1 amide bonds. The number of fused-ring (bicyclic) bond motifs is 3. The van der Waals surface area contributed by atoms with E-state index in [1.807, 2.05) is 18.7 Å². The van der Waals surface area contributed by atoms with Crippen LogP contribution in [0.4, 0.5) is 0 Å². The maximum atomic E-state index is 13.0. The van der Waals surface area contributed by atoms with Gasteiger partial charge in [-0.1, -0.05) is 5.16 Å². The summed E-state index contributed by atoms with van der Waals surface area (Å²) < 4.78 is 11.1. The van der Waals surface area contributed by atoms with Gasteiger partial charge in [-0.15, -0.1) is 0 Å². The SMILES string of the molecule is Cc1noc(C)c1CN1C[C@@H]2COC[C@H](C1)N(C(=O)c1ccc(O)cn1)C2. The van der Waals surface area contributed by atoms with Crippen LogP contribution in [0.3, 0.4) is 0 Å². The Balaban J connectivity index is 1.54. The van der Waals surface area contributed by atoms with Crippen LogP contribution in [0.25, 0.3) is 0 Å². The highest BCUT2D eigenvalue weighted by Crippen LogP contribution is 2.24. The van der Waals surface area contributed by atoms with Crippen molar-refractivity contribution in [2.24, 2.45) is 5.92 Å². The van der Waals surface area contributed by atoms with Crippen LogP contribution in [-0.2, 0) is 11.3 Å². The first-order chi connectivity index (χ1) is 13.0. The number of rotatable bonds is 3. The minimum absolute atomic E-state index is 0.0407. The van der Waals surface area contributed by atoms with Gasteiger partial charge >= 0.3 is 0 Å². The second kappa shape index (κ2) is 7.28. The maximum absolute atomic E-state index is 13.0. The Labute approximate surface area is 157 Å². The van der Waals surface area contributed by atoms with Crippen LogP contribution in [0.5, 0.6) is 5.75 Å². The summed E-state index contributed by atoms with van der Waals surface area (Å²) in [5.41, 5.74) is 2.38. The largest absolute Gasteiger partial charge is 0.506 e. The second-order valence-electron chi connectivity index (χ2n) is 7.41. The van der Waals surface area contributed by atoms with Crippen LogP contribution in [0, 0.1) is 19.8 Å². The number of pyridine rings is 1. The Hall–Kier alpha value is -2.45. The molecule has 2 aromatic rings. The van der Waals surface area contributed by atoms with Crippen LogP contribution in [0.1, 0.15) is 27.5 Å². The van der Waals surface area contributed by atoms with Crippen molar-refractivity contribution in [3.63, 3.8) is 0 Å². The fraction of sp³-hybridized carbons (Fsp3) is 0.526. The molecule has 2 atom stereocenters. The van der Waals surface area contributed by atoms with Gasteiger partial charge < -0.3 is 19.3 Å². The molecule has 4 rings (SSSR count). The van der Waals surface area contributed by atoms with Crippen molar-refractivity contribution in [1.29, 1.82) is 0 Å². The fourth-order valence-corrected chi connectivity index (χ4v) is 3.93. The minimum atomic E-state index is -0.116. The number of hydrogen-bond donors (Lipinski definition) is 1. The van der Waals surface area contributed by atoms with Crippen LogP contribution < -0.4 is 0 Å². The van der Waals surface area contributed by atoms with Gasteiger partial charge in [-0.2, -0.15) is 0 Å². The minimum Gasteiger partial charge on any atom is -0.506 e. The summed E-state index contributed by atoms with van der Waals surface area (Å²) in [5, 5.41) is 13.5. The summed E-state index contributed by atoms with van der Waals surface area (Å²) in [6, 6.07) is 3.01. The molecule has 2 bridgehead atoms. The summed E-state index contributed by atoms with van der Waals surface area (Å²) in [6.07, 6.45) is 1.30. The number of carbonyl (C=O) groups is 1. The molecule has 0 aliphatic carbocycles. The van der Waals surface area contributed by atoms with E-state index in [0.717, 1.165) is 36.7 Å². The average molecular weight is 372 g/mol. The van der Waals surface area contributed by atoms with Crippen LogP contribution in [0.2, 0.25) is 0 Å². The molecule has 0 radical (unpaired) electrons. The quantitative estimate of drug-likeness (QED) is 0.870. The first-order valence-corrected chi connectivity index (χ1v) is 9.19. The highest BCUT2D eigenvalue weighted by Gasteiger charge is 2.36. The standard InChI is InChI=1S/C19H24N4O4/c1-12-17(13(2)27-21-12)9-22-6-14-7-23(15(8-22)11-26-10-14)19(25)18-4-3-16(24)5-20-18/h3-5,14-15,24H,6-11H2,1-2H3/t14-,15-/m0/s1. The maximum Gasteiger partial charge on any atom is 0.272 e. The lowest BCUT2D eigenvalue weighted by Gasteiger charge is -2.31.